The molecule has 0 N–H and O–H groups in total. The summed E-state index contributed by atoms with van der Waals surface area (Å²) >= 11 is 0. The second-order valence-corrected chi connectivity index (χ2v) is 9.04. The standard InChI is InChI=1S/C24H22N2O4S/c1-30-23(27)16-22-20-14-8-9-15-21(20)24(19-12-6-3-7-13-19)25-26(22)31(28,29)17-18-10-4-2-5-11-18/h2-15,22H,16-17H2,1H3. The van der Waals surface area contributed by atoms with Gasteiger partial charge in [-0.3, -0.25) is 4.79 Å². The van der Waals surface area contributed by atoms with Crippen LogP contribution < -0.4 is 0 Å². The fourth-order valence-electron chi connectivity index (χ4n) is 3.69. The molecule has 1 heterocycles. The van der Waals surface area contributed by atoms with E-state index < -0.39 is 22.0 Å². The lowest BCUT2D eigenvalue weighted by molar-refractivity contribution is -0.141. The molecule has 0 saturated carbocycles. The van der Waals surface area contributed by atoms with Crippen LogP contribution in [0.1, 0.15) is 34.7 Å². The van der Waals surface area contributed by atoms with Crippen molar-refractivity contribution in [3.63, 3.8) is 0 Å². The molecule has 1 atom stereocenters. The van der Waals surface area contributed by atoms with Crippen LogP contribution in [0.2, 0.25) is 0 Å². The van der Waals surface area contributed by atoms with Gasteiger partial charge in [0.1, 0.15) is 0 Å². The normalized spacial score (nSPS) is 15.7. The summed E-state index contributed by atoms with van der Waals surface area (Å²) in [5.74, 6) is -0.725. The van der Waals surface area contributed by atoms with E-state index in [0.717, 1.165) is 21.1 Å². The Morgan fingerprint density at radius 3 is 2.23 bits per heavy atom. The lowest BCUT2D eigenvalue weighted by atomic mass is 9.91. The highest BCUT2D eigenvalue weighted by Crippen LogP contribution is 2.37. The Kier molecular flexibility index (Phi) is 5.86. The van der Waals surface area contributed by atoms with E-state index in [1.165, 1.54) is 7.11 Å². The van der Waals surface area contributed by atoms with E-state index in [-0.39, 0.29) is 12.2 Å². The quantitative estimate of drug-likeness (QED) is 0.552. The second kappa shape index (κ2) is 8.73. The number of hydrazone groups is 1. The highest BCUT2D eigenvalue weighted by molar-refractivity contribution is 7.88. The lowest BCUT2D eigenvalue weighted by Gasteiger charge is -2.34. The molecule has 31 heavy (non-hydrogen) atoms. The molecule has 158 valence electrons. The van der Waals surface area contributed by atoms with Crippen molar-refractivity contribution in [2.24, 2.45) is 5.10 Å². The number of carbonyl (C=O) groups is 1. The first kappa shape index (κ1) is 20.8. The number of esters is 1. The molecule has 7 heteroatoms. The summed E-state index contributed by atoms with van der Waals surface area (Å²) in [7, 11) is -2.59. The van der Waals surface area contributed by atoms with Crippen LogP contribution in [0.25, 0.3) is 0 Å². The number of hydrogen-bond donors (Lipinski definition) is 0. The minimum Gasteiger partial charge on any atom is -0.469 e. The van der Waals surface area contributed by atoms with E-state index in [0.29, 0.717) is 11.3 Å². The molecular formula is C24H22N2O4S. The van der Waals surface area contributed by atoms with Crippen molar-refractivity contribution in [1.29, 1.82) is 0 Å². The molecule has 0 spiro atoms. The minimum absolute atomic E-state index is 0.132. The Bertz CT molecular complexity index is 1210. The number of methoxy groups -OCH3 is 1. The maximum atomic E-state index is 13.5. The molecule has 0 saturated heterocycles. The molecule has 0 amide bonds. The van der Waals surface area contributed by atoms with Gasteiger partial charge in [0.2, 0.25) is 0 Å². The number of carbonyl (C=O) groups excluding carboxylic acids is 1. The molecule has 1 unspecified atom stereocenters. The van der Waals surface area contributed by atoms with Crippen LogP contribution in [-0.4, -0.2) is 31.6 Å². The number of hydrogen-bond acceptors (Lipinski definition) is 5. The summed E-state index contributed by atoms with van der Waals surface area (Å²) in [5, 5.41) is 4.58. The van der Waals surface area contributed by atoms with Crippen LogP contribution in [0.5, 0.6) is 0 Å². The molecule has 1 aliphatic rings. The summed E-state index contributed by atoms with van der Waals surface area (Å²) in [5.41, 5.74) is 3.52. The predicted molar refractivity (Wildman–Crippen MR) is 119 cm³/mol. The number of benzene rings is 3. The van der Waals surface area contributed by atoms with Gasteiger partial charge in [0, 0.05) is 11.1 Å². The molecule has 4 rings (SSSR count). The zero-order chi connectivity index (χ0) is 21.8. The van der Waals surface area contributed by atoms with Gasteiger partial charge in [0.15, 0.2) is 0 Å². The third-order valence-electron chi connectivity index (χ3n) is 5.15. The number of ether oxygens (including phenoxy) is 1. The average molecular weight is 435 g/mol. The molecular weight excluding hydrogens is 412 g/mol. The van der Waals surface area contributed by atoms with Gasteiger partial charge < -0.3 is 4.74 Å². The number of nitrogens with zero attached hydrogens (tertiary/aromatic N) is 2. The lowest BCUT2D eigenvalue weighted by Crippen LogP contribution is -2.38. The van der Waals surface area contributed by atoms with Gasteiger partial charge in [-0.2, -0.15) is 9.52 Å². The minimum atomic E-state index is -3.88. The molecule has 3 aromatic carbocycles. The van der Waals surface area contributed by atoms with Gasteiger partial charge in [-0.1, -0.05) is 84.9 Å². The Hall–Kier alpha value is -3.45. The van der Waals surface area contributed by atoms with Crippen LogP contribution in [0, 0.1) is 0 Å². The maximum Gasteiger partial charge on any atom is 0.308 e. The summed E-state index contributed by atoms with van der Waals surface area (Å²) in [4.78, 5) is 12.2. The first-order chi connectivity index (χ1) is 15.0. The van der Waals surface area contributed by atoms with E-state index in [9.17, 15) is 13.2 Å². The molecule has 0 aromatic heterocycles. The van der Waals surface area contributed by atoms with Crippen molar-refractivity contribution in [1.82, 2.24) is 4.41 Å². The van der Waals surface area contributed by atoms with E-state index in [4.69, 9.17) is 4.74 Å². The van der Waals surface area contributed by atoms with E-state index >= 15 is 0 Å². The fourth-order valence-corrected chi connectivity index (χ4v) is 5.22. The topological polar surface area (TPSA) is 76.0 Å². The van der Waals surface area contributed by atoms with Gasteiger partial charge in [-0.25, -0.2) is 8.42 Å². The van der Waals surface area contributed by atoms with Gasteiger partial charge in [-0.05, 0) is 11.1 Å². The molecule has 0 aliphatic carbocycles. The molecule has 6 nitrogen and oxygen atoms in total. The van der Waals surface area contributed by atoms with Crippen LogP contribution in [0.3, 0.4) is 0 Å². The van der Waals surface area contributed by atoms with Gasteiger partial charge in [-0.15, -0.1) is 0 Å². The Morgan fingerprint density at radius 2 is 1.55 bits per heavy atom. The van der Waals surface area contributed by atoms with Crippen molar-refractivity contribution < 1.29 is 17.9 Å². The van der Waals surface area contributed by atoms with Gasteiger partial charge in [0.05, 0.1) is 31.0 Å². The van der Waals surface area contributed by atoms with Crippen molar-refractivity contribution >= 4 is 21.7 Å². The number of fused-ring (bicyclic) bond motifs is 1. The van der Waals surface area contributed by atoms with Crippen LogP contribution in [0.4, 0.5) is 0 Å². The molecule has 0 radical (unpaired) electrons. The summed E-state index contributed by atoms with van der Waals surface area (Å²) < 4.78 is 32.9. The van der Waals surface area contributed by atoms with Crippen LogP contribution in [0.15, 0.2) is 90.0 Å². The molecule has 3 aromatic rings. The predicted octanol–water partition coefficient (Wildman–Crippen LogP) is 3.89. The number of sulfonamides is 1. The molecule has 1 aliphatic heterocycles. The highest BCUT2D eigenvalue weighted by atomic mass is 32.2. The van der Waals surface area contributed by atoms with E-state index in [2.05, 4.69) is 5.10 Å². The van der Waals surface area contributed by atoms with Crippen LogP contribution in [-0.2, 0) is 25.3 Å². The van der Waals surface area contributed by atoms with Crippen molar-refractivity contribution in [2.45, 2.75) is 18.2 Å². The Morgan fingerprint density at radius 1 is 0.935 bits per heavy atom. The van der Waals surface area contributed by atoms with Crippen molar-refractivity contribution in [3.05, 3.63) is 107 Å². The summed E-state index contributed by atoms with van der Waals surface area (Å²) in [6, 6.07) is 25.0. The van der Waals surface area contributed by atoms with Crippen molar-refractivity contribution in [3.8, 4) is 0 Å². The molecule has 0 bridgehead atoms. The third kappa shape index (κ3) is 4.36. The average Bonchev–Trinajstić information content (AvgIpc) is 2.80. The van der Waals surface area contributed by atoms with Crippen molar-refractivity contribution in [2.75, 3.05) is 7.11 Å². The van der Waals surface area contributed by atoms with Gasteiger partial charge >= 0.3 is 5.97 Å². The maximum absolute atomic E-state index is 13.5. The van der Waals surface area contributed by atoms with E-state index in [1.54, 1.807) is 24.3 Å². The fraction of sp³-hybridized carbons (Fsp3) is 0.167. The largest absolute Gasteiger partial charge is 0.469 e. The summed E-state index contributed by atoms with van der Waals surface area (Å²) in [6.07, 6.45) is -0.132. The Balaban J connectivity index is 1.86. The monoisotopic (exact) mass is 434 g/mol. The zero-order valence-electron chi connectivity index (χ0n) is 17.0. The third-order valence-corrected chi connectivity index (χ3v) is 6.76. The second-order valence-electron chi connectivity index (χ2n) is 7.21. The molecule has 0 fully saturated rings. The Labute approximate surface area is 181 Å². The summed E-state index contributed by atoms with van der Waals surface area (Å²) in [6.45, 7) is 0. The van der Waals surface area contributed by atoms with E-state index in [1.807, 2.05) is 60.7 Å². The first-order valence-electron chi connectivity index (χ1n) is 9.86. The highest BCUT2D eigenvalue weighted by Gasteiger charge is 2.38. The van der Waals surface area contributed by atoms with Gasteiger partial charge in [0.25, 0.3) is 10.0 Å². The first-order valence-corrected chi connectivity index (χ1v) is 11.5. The zero-order valence-corrected chi connectivity index (χ0v) is 17.8. The number of rotatable bonds is 6. The smallest absolute Gasteiger partial charge is 0.308 e. The van der Waals surface area contributed by atoms with Crippen LogP contribution >= 0.6 is 0 Å². The SMILES string of the molecule is COC(=O)CC1c2ccccc2C(c2ccccc2)=NN1S(=O)(=O)Cc1ccccc1.